The number of carboxylic acids is 1. The maximum atomic E-state index is 12.5. The summed E-state index contributed by atoms with van der Waals surface area (Å²) < 4.78 is 0. The number of phenols is 2. The SMILES string of the molecule is Nc1c(C(=O)c2cc3c(c(N)c2O)N=N3)ccc(C(=O)O)c1O. The van der Waals surface area contributed by atoms with Crippen LogP contribution in [0.5, 0.6) is 11.5 Å². The molecule has 2 aromatic carbocycles. The van der Waals surface area contributed by atoms with Gasteiger partial charge in [0.1, 0.15) is 22.6 Å². The van der Waals surface area contributed by atoms with Gasteiger partial charge >= 0.3 is 5.97 Å². The summed E-state index contributed by atoms with van der Waals surface area (Å²) in [6.07, 6.45) is 0. The van der Waals surface area contributed by atoms with Gasteiger partial charge in [0.15, 0.2) is 17.3 Å². The van der Waals surface area contributed by atoms with Gasteiger partial charge in [-0.25, -0.2) is 4.79 Å². The standard InChI is InChI=1S/C14H10N4O5/c15-8-4(1-2-5(12(8)20)14(22)23)11(19)6-3-7-10(18-17-7)9(16)13(6)21/h1-3,20-21H,15-16H2,(H,22,23). The summed E-state index contributed by atoms with van der Waals surface area (Å²) >= 11 is 0. The lowest BCUT2D eigenvalue weighted by Crippen LogP contribution is -2.09. The minimum Gasteiger partial charge on any atom is -0.505 e. The summed E-state index contributed by atoms with van der Waals surface area (Å²) in [5.41, 5.74) is 10.7. The molecule has 1 aliphatic heterocycles. The molecule has 0 saturated heterocycles. The Bertz CT molecular complexity index is 920. The second-order valence-corrected chi connectivity index (χ2v) is 4.81. The highest BCUT2D eigenvalue weighted by molar-refractivity contribution is 6.17. The van der Waals surface area contributed by atoms with Gasteiger partial charge in [0, 0.05) is 5.56 Å². The van der Waals surface area contributed by atoms with E-state index in [0.29, 0.717) is 5.69 Å². The van der Waals surface area contributed by atoms with Gasteiger partial charge in [-0.1, -0.05) is 0 Å². The molecule has 3 rings (SSSR count). The van der Waals surface area contributed by atoms with Crippen molar-refractivity contribution in [3.8, 4) is 11.5 Å². The number of benzene rings is 2. The third-order valence-electron chi connectivity index (χ3n) is 3.48. The molecule has 0 bridgehead atoms. The van der Waals surface area contributed by atoms with Gasteiger partial charge in [0.25, 0.3) is 0 Å². The Kier molecular flexibility index (Phi) is 2.93. The van der Waals surface area contributed by atoms with E-state index in [0.717, 1.165) is 12.1 Å². The van der Waals surface area contributed by atoms with Gasteiger partial charge in [-0.2, -0.15) is 0 Å². The van der Waals surface area contributed by atoms with E-state index < -0.39 is 34.5 Å². The van der Waals surface area contributed by atoms with Crippen LogP contribution in [-0.4, -0.2) is 27.1 Å². The van der Waals surface area contributed by atoms with E-state index in [-0.39, 0.29) is 22.5 Å². The Hall–Kier alpha value is -3.62. The van der Waals surface area contributed by atoms with Crippen LogP contribution in [0.15, 0.2) is 28.4 Å². The number of nitrogens with two attached hydrogens (primary N) is 2. The zero-order valence-corrected chi connectivity index (χ0v) is 11.4. The van der Waals surface area contributed by atoms with Crippen LogP contribution in [0.25, 0.3) is 0 Å². The Labute approximate surface area is 128 Å². The Morgan fingerprint density at radius 3 is 2.09 bits per heavy atom. The Morgan fingerprint density at radius 2 is 1.52 bits per heavy atom. The number of hydrogen-bond acceptors (Lipinski definition) is 8. The number of nitrogen functional groups attached to an aromatic ring is 2. The summed E-state index contributed by atoms with van der Waals surface area (Å²) in [6, 6.07) is 3.48. The van der Waals surface area contributed by atoms with Crippen molar-refractivity contribution in [2.75, 3.05) is 11.5 Å². The fourth-order valence-electron chi connectivity index (χ4n) is 2.21. The molecular formula is C14H10N4O5. The minimum absolute atomic E-state index is 0.0919. The van der Waals surface area contributed by atoms with Crippen LogP contribution in [-0.2, 0) is 0 Å². The van der Waals surface area contributed by atoms with Crippen molar-refractivity contribution in [2.24, 2.45) is 10.2 Å². The van der Waals surface area contributed by atoms with Crippen LogP contribution < -0.4 is 11.5 Å². The van der Waals surface area contributed by atoms with Crippen molar-refractivity contribution in [2.45, 2.75) is 0 Å². The third-order valence-corrected chi connectivity index (χ3v) is 3.48. The van der Waals surface area contributed by atoms with E-state index in [1.165, 1.54) is 6.07 Å². The van der Waals surface area contributed by atoms with Crippen molar-refractivity contribution in [3.05, 3.63) is 34.9 Å². The minimum atomic E-state index is -1.39. The lowest BCUT2D eigenvalue weighted by Gasteiger charge is -2.15. The van der Waals surface area contributed by atoms with E-state index in [1.807, 2.05) is 0 Å². The summed E-state index contributed by atoms with van der Waals surface area (Å²) in [7, 11) is 0. The first-order chi connectivity index (χ1) is 10.8. The highest BCUT2D eigenvalue weighted by Gasteiger charge is 2.27. The number of anilines is 2. The average molecular weight is 314 g/mol. The van der Waals surface area contributed by atoms with Gasteiger partial charge in [-0.05, 0) is 18.2 Å². The number of rotatable bonds is 3. The van der Waals surface area contributed by atoms with Crippen molar-refractivity contribution in [1.29, 1.82) is 0 Å². The zero-order valence-electron chi connectivity index (χ0n) is 11.4. The molecule has 23 heavy (non-hydrogen) atoms. The number of fused-ring (bicyclic) bond motifs is 1. The Morgan fingerprint density at radius 1 is 0.913 bits per heavy atom. The number of ketones is 1. The normalized spacial score (nSPS) is 11.7. The molecule has 9 heteroatoms. The van der Waals surface area contributed by atoms with Crippen LogP contribution in [0, 0.1) is 0 Å². The van der Waals surface area contributed by atoms with Gasteiger partial charge in [-0.3, -0.25) is 4.79 Å². The quantitative estimate of drug-likeness (QED) is 0.279. The lowest BCUT2D eigenvalue weighted by atomic mass is 9.96. The van der Waals surface area contributed by atoms with Gasteiger partial charge < -0.3 is 26.8 Å². The fourth-order valence-corrected chi connectivity index (χ4v) is 2.21. The summed E-state index contributed by atoms with van der Waals surface area (Å²) in [4.78, 5) is 23.5. The maximum Gasteiger partial charge on any atom is 0.339 e. The maximum absolute atomic E-state index is 12.5. The molecule has 1 aliphatic rings. The second kappa shape index (κ2) is 4.70. The predicted molar refractivity (Wildman–Crippen MR) is 79.6 cm³/mol. The van der Waals surface area contributed by atoms with Crippen molar-refractivity contribution >= 4 is 34.5 Å². The smallest absolute Gasteiger partial charge is 0.339 e. The summed E-state index contributed by atoms with van der Waals surface area (Å²) in [6.45, 7) is 0. The number of aromatic hydroxyl groups is 2. The molecule has 0 aromatic heterocycles. The van der Waals surface area contributed by atoms with Gasteiger partial charge in [0.2, 0.25) is 0 Å². The first-order valence-electron chi connectivity index (χ1n) is 6.29. The van der Waals surface area contributed by atoms with E-state index in [2.05, 4.69) is 10.2 Å². The Balaban J connectivity index is 2.13. The number of azo groups is 1. The summed E-state index contributed by atoms with van der Waals surface area (Å²) in [5, 5.41) is 36.0. The molecule has 0 unspecified atom stereocenters. The summed E-state index contributed by atoms with van der Waals surface area (Å²) in [5.74, 6) is -3.32. The first kappa shape index (κ1) is 14.3. The molecule has 0 atom stereocenters. The van der Waals surface area contributed by atoms with E-state index >= 15 is 0 Å². The third kappa shape index (κ3) is 1.94. The largest absolute Gasteiger partial charge is 0.505 e. The zero-order chi connectivity index (χ0) is 16.9. The predicted octanol–water partition coefficient (Wildman–Crippen LogP) is 1.92. The first-order valence-corrected chi connectivity index (χ1v) is 6.29. The molecule has 1 heterocycles. The lowest BCUT2D eigenvalue weighted by molar-refractivity contribution is 0.0693. The van der Waals surface area contributed by atoms with Crippen LogP contribution in [0.4, 0.5) is 22.7 Å². The van der Waals surface area contributed by atoms with Crippen molar-refractivity contribution < 1.29 is 24.9 Å². The molecule has 0 saturated carbocycles. The number of carbonyl (C=O) groups is 2. The van der Waals surface area contributed by atoms with Crippen LogP contribution in [0.1, 0.15) is 26.3 Å². The molecule has 7 N–H and O–H groups in total. The number of hydrogen-bond donors (Lipinski definition) is 5. The molecule has 116 valence electrons. The van der Waals surface area contributed by atoms with E-state index in [4.69, 9.17) is 16.6 Å². The fraction of sp³-hybridized carbons (Fsp3) is 0. The molecule has 2 aromatic rings. The molecule has 0 amide bonds. The van der Waals surface area contributed by atoms with Crippen LogP contribution in [0.2, 0.25) is 0 Å². The average Bonchev–Trinajstić information content (AvgIpc) is 2.46. The van der Waals surface area contributed by atoms with E-state index in [1.54, 1.807) is 0 Å². The number of phenolic OH excluding ortho intramolecular Hbond substituents is 1. The monoisotopic (exact) mass is 314 g/mol. The topological polar surface area (TPSA) is 172 Å². The number of aromatic carboxylic acids is 1. The van der Waals surface area contributed by atoms with Crippen LogP contribution >= 0.6 is 0 Å². The molecule has 0 fully saturated rings. The molecule has 0 aliphatic carbocycles. The molecule has 0 radical (unpaired) electrons. The number of carbonyl (C=O) groups excluding carboxylic acids is 1. The molecular weight excluding hydrogens is 304 g/mol. The van der Waals surface area contributed by atoms with E-state index in [9.17, 15) is 19.8 Å². The van der Waals surface area contributed by atoms with Gasteiger partial charge in [-0.15, -0.1) is 10.2 Å². The highest BCUT2D eigenvalue weighted by atomic mass is 16.4. The molecule has 9 nitrogen and oxygen atoms in total. The highest BCUT2D eigenvalue weighted by Crippen LogP contribution is 2.49. The number of carboxylic acid groups (broad SMARTS) is 1. The second-order valence-electron chi connectivity index (χ2n) is 4.81. The van der Waals surface area contributed by atoms with Crippen molar-refractivity contribution in [3.63, 3.8) is 0 Å². The van der Waals surface area contributed by atoms with Crippen molar-refractivity contribution in [1.82, 2.24) is 0 Å². The molecule has 0 spiro atoms. The van der Waals surface area contributed by atoms with Crippen LogP contribution in [0.3, 0.4) is 0 Å². The number of nitrogens with zero attached hydrogens (tertiary/aromatic N) is 2. The van der Waals surface area contributed by atoms with Gasteiger partial charge in [0.05, 0.1) is 11.3 Å².